The maximum absolute atomic E-state index is 12.6. The number of likely N-dealkylation sites (N-methyl/N-ethyl adjacent to an activating group) is 1. The fourth-order valence-corrected chi connectivity index (χ4v) is 2.74. The first-order valence-electron chi connectivity index (χ1n) is 8.07. The molecule has 0 fully saturated rings. The van der Waals surface area contributed by atoms with Gasteiger partial charge in [-0.1, -0.05) is 6.07 Å². The van der Waals surface area contributed by atoms with Crippen LogP contribution in [0.5, 0.6) is 11.5 Å². The number of benzene rings is 1. The summed E-state index contributed by atoms with van der Waals surface area (Å²) in [5.41, 5.74) is 1.84. The van der Waals surface area contributed by atoms with Gasteiger partial charge in [-0.05, 0) is 31.5 Å². The van der Waals surface area contributed by atoms with Gasteiger partial charge in [0, 0.05) is 26.3 Å². The molecule has 2 aromatic rings. The Morgan fingerprint density at radius 3 is 2.44 bits per heavy atom. The average Bonchev–Trinajstić information content (AvgIpc) is 2.85. The van der Waals surface area contributed by atoms with E-state index >= 15 is 0 Å². The van der Waals surface area contributed by atoms with Crippen LogP contribution in [0.15, 0.2) is 18.2 Å². The van der Waals surface area contributed by atoms with Crippen LogP contribution in [0.2, 0.25) is 0 Å². The molecular weight excluding hydrogens is 360 g/mol. The molecule has 1 aromatic heterocycles. The van der Waals surface area contributed by atoms with E-state index in [1.165, 1.54) is 35.9 Å². The molecule has 0 aliphatic heterocycles. The summed E-state index contributed by atoms with van der Waals surface area (Å²) in [5, 5.41) is 4.14. The van der Waals surface area contributed by atoms with Crippen LogP contribution < -0.4 is 9.47 Å². The predicted molar refractivity (Wildman–Crippen MR) is 93.1 cm³/mol. The van der Waals surface area contributed by atoms with Gasteiger partial charge in [0.05, 0.1) is 18.4 Å². The molecule has 0 unspecified atom stereocenters. The van der Waals surface area contributed by atoms with Crippen molar-refractivity contribution < 1.29 is 27.8 Å². The number of ether oxygens (including phenoxy) is 2. The third kappa shape index (κ3) is 4.42. The second-order valence-corrected chi connectivity index (χ2v) is 6.02. The quantitative estimate of drug-likeness (QED) is 0.544. The molecular formula is C18H21F2N3O4. The zero-order valence-corrected chi connectivity index (χ0v) is 15.7. The van der Waals surface area contributed by atoms with E-state index in [0.717, 1.165) is 0 Å². The summed E-state index contributed by atoms with van der Waals surface area (Å²) in [4.78, 5) is 26.3. The Bertz CT molecular complexity index is 865. The number of carbonyl (C=O) groups excluding carboxylic acids is 2. The van der Waals surface area contributed by atoms with E-state index in [2.05, 4.69) is 9.84 Å². The summed E-state index contributed by atoms with van der Waals surface area (Å²) < 4.78 is 36.0. The number of aryl methyl sites for hydroxylation is 2. The molecule has 1 aromatic carbocycles. The van der Waals surface area contributed by atoms with Crippen LogP contribution in [0.1, 0.15) is 27.3 Å². The zero-order chi connectivity index (χ0) is 20.3. The fourth-order valence-electron chi connectivity index (χ4n) is 2.74. The zero-order valence-electron chi connectivity index (χ0n) is 15.7. The van der Waals surface area contributed by atoms with Gasteiger partial charge in [-0.25, -0.2) is 0 Å². The third-order valence-electron chi connectivity index (χ3n) is 4.14. The third-order valence-corrected chi connectivity index (χ3v) is 4.14. The first-order valence-corrected chi connectivity index (χ1v) is 8.07. The highest BCUT2D eigenvalue weighted by molar-refractivity contribution is 6.43. The maximum atomic E-state index is 12.6. The van der Waals surface area contributed by atoms with Crippen molar-refractivity contribution in [2.75, 3.05) is 14.2 Å². The van der Waals surface area contributed by atoms with Gasteiger partial charge in [-0.2, -0.15) is 13.9 Å². The lowest BCUT2D eigenvalue weighted by Crippen LogP contribution is -2.33. The molecule has 146 valence electrons. The van der Waals surface area contributed by atoms with Crippen molar-refractivity contribution in [2.45, 2.75) is 27.0 Å². The van der Waals surface area contributed by atoms with E-state index in [1.54, 1.807) is 27.0 Å². The van der Waals surface area contributed by atoms with Gasteiger partial charge in [0.15, 0.2) is 11.5 Å². The van der Waals surface area contributed by atoms with Crippen molar-refractivity contribution in [1.29, 1.82) is 0 Å². The highest BCUT2D eigenvalue weighted by Crippen LogP contribution is 2.30. The van der Waals surface area contributed by atoms with Crippen LogP contribution in [0, 0.1) is 13.8 Å². The summed E-state index contributed by atoms with van der Waals surface area (Å²) in [6.45, 7) is 0.390. The van der Waals surface area contributed by atoms with Gasteiger partial charge < -0.3 is 14.4 Å². The summed E-state index contributed by atoms with van der Waals surface area (Å²) in [7, 11) is 4.48. The average molecular weight is 381 g/mol. The Balaban J connectivity index is 2.19. The number of rotatable bonds is 7. The molecule has 27 heavy (non-hydrogen) atoms. The van der Waals surface area contributed by atoms with Crippen LogP contribution in [-0.4, -0.2) is 47.1 Å². The molecule has 0 spiro atoms. The molecule has 0 N–H and O–H groups in total. The van der Waals surface area contributed by atoms with E-state index in [0.29, 0.717) is 17.0 Å². The molecule has 0 saturated carbocycles. The molecule has 0 aliphatic rings. The molecule has 7 nitrogen and oxygen atoms in total. The lowest BCUT2D eigenvalue weighted by atomic mass is 10.1. The second kappa shape index (κ2) is 8.15. The number of methoxy groups -OCH3 is 1. The largest absolute Gasteiger partial charge is 0.493 e. The van der Waals surface area contributed by atoms with E-state index < -0.39 is 18.3 Å². The molecule has 0 radical (unpaired) electrons. The van der Waals surface area contributed by atoms with Crippen LogP contribution >= 0.6 is 0 Å². The van der Waals surface area contributed by atoms with Crippen LogP contribution in [-0.2, 0) is 18.4 Å². The molecule has 0 bridgehead atoms. The van der Waals surface area contributed by atoms with Crippen molar-refractivity contribution in [3.8, 4) is 11.5 Å². The topological polar surface area (TPSA) is 73.7 Å². The predicted octanol–water partition coefficient (Wildman–Crippen LogP) is 2.49. The molecule has 1 heterocycles. The lowest BCUT2D eigenvalue weighted by molar-refractivity contribution is -0.125. The highest BCUT2D eigenvalue weighted by atomic mass is 19.3. The smallest absolute Gasteiger partial charge is 0.387 e. The number of amides is 1. The van der Waals surface area contributed by atoms with Crippen LogP contribution in [0.25, 0.3) is 0 Å². The number of Topliss-reactive ketones (excluding diaryl/α,β-unsaturated/α-hetero) is 1. The van der Waals surface area contributed by atoms with E-state index in [9.17, 15) is 18.4 Å². The van der Waals surface area contributed by atoms with E-state index in [4.69, 9.17) is 4.74 Å². The highest BCUT2D eigenvalue weighted by Gasteiger charge is 2.26. The molecule has 9 heteroatoms. The Hall–Kier alpha value is -2.97. The summed E-state index contributed by atoms with van der Waals surface area (Å²) >= 11 is 0. The Labute approximate surface area is 155 Å². The number of halogens is 2. The standard InChI is InChI=1S/C18H21F2N3O4/c1-10-15(11(2)23(4)21-10)16(24)17(25)22(3)9-12-6-7-13(26-5)14(8-12)27-18(19)20/h6-8,18H,9H2,1-5H3. The summed E-state index contributed by atoms with van der Waals surface area (Å²) in [6.07, 6.45) is 0. The minimum atomic E-state index is -3.01. The number of hydrogen-bond acceptors (Lipinski definition) is 5. The fraction of sp³-hybridized carbons (Fsp3) is 0.389. The Kier molecular flexibility index (Phi) is 6.14. The SMILES string of the molecule is COc1ccc(CN(C)C(=O)C(=O)c2c(C)nn(C)c2C)cc1OC(F)F. The monoisotopic (exact) mass is 381 g/mol. The first kappa shape index (κ1) is 20.3. The van der Waals surface area contributed by atoms with Gasteiger partial charge >= 0.3 is 6.61 Å². The summed E-state index contributed by atoms with van der Waals surface area (Å²) in [6, 6.07) is 4.41. The van der Waals surface area contributed by atoms with Crippen molar-refractivity contribution in [3.05, 3.63) is 40.7 Å². The first-order chi connectivity index (χ1) is 12.6. The molecule has 0 saturated heterocycles. The van der Waals surface area contributed by atoms with Crippen molar-refractivity contribution in [1.82, 2.24) is 14.7 Å². The number of nitrogens with zero attached hydrogens (tertiary/aromatic N) is 3. The minimum absolute atomic E-state index is 0.0342. The number of alkyl halides is 2. The number of aromatic nitrogens is 2. The Morgan fingerprint density at radius 2 is 1.93 bits per heavy atom. The number of hydrogen-bond donors (Lipinski definition) is 0. The van der Waals surface area contributed by atoms with E-state index in [-0.39, 0.29) is 23.6 Å². The maximum Gasteiger partial charge on any atom is 0.387 e. The number of ketones is 1. The van der Waals surface area contributed by atoms with Gasteiger partial charge in [0.1, 0.15) is 0 Å². The van der Waals surface area contributed by atoms with Crippen molar-refractivity contribution >= 4 is 11.7 Å². The van der Waals surface area contributed by atoms with Gasteiger partial charge in [-0.15, -0.1) is 0 Å². The second-order valence-electron chi connectivity index (χ2n) is 6.02. The Morgan fingerprint density at radius 1 is 1.26 bits per heavy atom. The molecule has 2 rings (SSSR count). The van der Waals surface area contributed by atoms with Crippen LogP contribution in [0.4, 0.5) is 8.78 Å². The van der Waals surface area contributed by atoms with Crippen LogP contribution in [0.3, 0.4) is 0 Å². The van der Waals surface area contributed by atoms with Crippen molar-refractivity contribution in [3.63, 3.8) is 0 Å². The molecule has 1 amide bonds. The normalized spacial score (nSPS) is 10.8. The lowest BCUT2D eigenvalue weighted by Gasteiger charge is -2.18. The van der Waals surface area contributed by atoms with E-state index in [1.807, 2.05) is 0 Å². The molecule has 0 aliphatic carbocycles. The van der Waals surface area contributed by atoms with Gasteiger partial charge in [0.25, 0.3) is 11.7 Å². The van der Waals surface area contributed by atoms with Crippen molar-refractivity contribution in [2.24, 2.45) is 7.05 Å². The van der Waals surface area contributed by atoms with Gasteiger partial charge in [0.2, 0.25) is 0 Å². The molecule has 0 atom stereocenters. The summed E-state index contributed by atoms with van der Waals surface area (Å²) in [5.74, 6) is -1.39. The number of carbonyl (C=O) groups is 2. The minimum Gasteiger partial charge on any atom is -0.493 e. The van der Waals surface area contributed by atoms with Gasteiger partial charge in [-0.3, -0.25) is 14.3 Å².